The first-order valence-electron chi connectivity index (χ1n) is 4.77. The summed E-state index contributed by atoms with van der Waals surface area (Å²) in [6.07, 6.45) is 0. The number of thiazole rings is 1. The number of nitrogens with zero attached hydrogens (tertiary/aromatic N) is 1. The molecule has 0 saturated carbocycles. The Morgan fingerprint density at radius 3 is 2.88 bits per heavy atom. The van der Waals surface area contributed by atoms with Crippen molar-refractivity contribution < 1.29 is 4.74 Å². The maximum Gasteiger partial charge on any atom is 0.278 e. The van der Waals surface area contributed by atoms with Crippen LogP contribution in [0, 0.1) is 6.92 Å². The van der Waals surface area contributed by atoms with Gasteiger partial charge in [-0.3, -0.25) is 0 Å². The van der Waals surface area contributed by atoms with Gasteiger partial charge in [0.25, 0.3) is 5.19 Å². The molecule has 0 aliphatic carbocycles. The molecule has 3 nitrogen and oxygen atoms in total. The Kier molecular flexibility index (Phi) is 3.43. The van der Waals surface area contributed by atoms with Gasteiger partial charge in [0.15, 0.2) is 0 Å². The Hall–Kier alpha value is -1.10. The van der Waals surface area contributed by atoms with E-state index in [9.17, 15) is 0 Å². The molecule has 0 unspecified atom stereocenters. The highest BCUT2D eigenvalue weighted by Gasteiger charge is 2.04. The predicted octanol–water partition coefficient (Wildman–Crippen LogP) is 3.36. The Morgan fingerprint density at radius 2 is 2.31 bits per heavy atom. The zero-order chi connectivity index (χ0) is 11.5. The van der Waals surface area contributed by atoms with E-state index in [1.807, 2.05) is 24.4 Å². The SMILES string of the molecule is Cc1csc(Oc2ccc(CN)c(Cl)c2)n1. The molecule has 1 aromatic carbocycles. The van der Waals surface area contributed by atoms with Gasteiger partial charge in [-0.25, -0.2) is 4.98 Å². The molecule has 0 bridgehead atoms. The van der Waals surface area contributed by atoms with Gasteiger partial charge in [-0.2, -0.15) is 0 Å². The molecule has 16 heavy (non-hydrogen) atoms. The van der Waals surface area contributed by atoms with Crippen molar-refractivity contribution in [2.75, 3.05) is 0 Å². The summed E-state index contributed by atoms with van der Waals surface area (Å²) in [7, 11) is 0. The zero-order valence-corrected chi connectivity index (χ0v) is 10.3. The molecule has 1 heterocycles. The number of halogens is 1. The van der Waals surface area contributed by atoms with E-state index in [-0.39, 0.29) is 0 Å². The third kappa shape index (κ3) is 2.52. The third-order valence-corrected chi connectivity index (χ3v) is 3.23. The van der Waals surface area contributed by atoms with Crippen LogP contribution in [0.1, 0.15) is 11.3 Å². The number of aryl methyl sites for hydroxylation is 1. The van der Waals surface area contributed by atoms with Crippen LogP contribution in [0.2, 0.25) is 5.02 Å². The van der Waals surface area contributed by atoms with Crippen LogP contribution in [0.25, 0.3) is 0 Å². The summed E-state index contributed by atoms with van der Waals surface area (Å²) in [5, 5.41) is 3.17. The van der Waals surface area contributed by atoms with Gasteiger partial charge in [0.1, 0.15) is 5.75 Å². The van der Waals surface area contributed by atoms with Crippen molar-refractivity contribution >= 4 is 22.9 Å². The van der Waals surface area contributed by atoms with E-state index in [1.165, 1.54) is 11.3 Å². The predicted molar refractivity (Wildman–Crippen MR) is 66.3 cm³/mol. The highest BCUT2D eigenvalue weighted by molar-refractivity contribution is 7.11. The Labute approximate surface area is 103 Å². The molecule has 0 radical (unpaired) electrons. The average molecular weight is 255 g/mol. The highest BCUT2D eigenvalue weighted by atomic mass is 35.5. The minimum atomic E-state index is 0.426. The van der Waals surface area contributed by atoms with Crippen molar-refractivity contribution in [1.29, 1.82) is 0 Å². The third-order valence-electron chi connectivity index (χ3n) is 2.05. The Morgan fingerprint density at radius 1 is 1.50 bits per heavy atom. The number of rotatable bonds is 3. The molecule has 2 N–H and O–H groups in total. The van der Waals surface area contributed by atoms with Crippen molar-refractivity contribution in [2.24, 2.45) is 5.73 Å². The molecule has 0 fully saturated rings. The fourth-order valence-electron chi connectivity index (χ4n) is 1.24. The largest absolute Gasteiger partial charge is 0.431 e. The zero-order valence-electron chi connectivity index (χ0n) is 8.74. The van der Waals surface area contributed by atoms with E-state index in [2.05, 4.69) is 4.98 Å². The fraction of sp³-hybridized carbons (Fsp3) is 0.182. The maximum atomic E-state index is 6.02. The second-order valence-electron chi connectivity index (χ2n) is 3.31. The average Bonchev–Trinajstić information content (AvgIpc) is 2.64. The molecule has 2 aromatic rings. The van der Waals surface area contributed by atoms with Gasteiger partial charge in [-0.05, 0) is 24.6 Å². The standard InChI is InChI=1S/C11H11ClN2OS/c1-7-6-16-11(14-7)15-9-3-2-8(5-13)10(12)4-9/h2-4,6H,5,13H2,1H3. The van der Waals surface area contributed by atoms with Gasteiger partial charge in [0.2, 0.25) is 0 Å². The van der Waals surface area contributed by atoms with Gasteiger partial charge < -0.3 is 10.5 Å². The second-order valence-corrected chi connectivity index (χ2v) is 4.54. The summed E-state index contributed by atoms with van der Waals surface area (Å²) >= 11 is 7.48. The van der Waals surface area contributed by atoms with Crippen LogP contribution in [-0.4, -0.2) is 4.98 Å². The number of hydrogen-bond acceptors (Lipinski definition) is 4. The molecule has 2 rings (SSSR count). The van der Waals surface area contributed by atoms with Crippen LogP contribution in [0.3, 0.4) is 0 Å². The molecule has 0 saturated heterocycles. The summed E-state index contributed by atoms with van der Waals surface area (Å²) in [6, 6.07) is 5.45. The lowest BCUT2D eigenvalue weighted by molar-refractivity contribution is 0.478. The number of nitrogens with two attached hydrogens (primary N) is 1. The molecule has 5 heteroatoms. The van der Waals surface area contributed by atoms with Gasteiger partial charge in [0, 0.05) is 16.9 Å². The van der Waals surface area contributed by atoms with E-state index in [0.717, 1.165) is 11.3 Å². The molecular weight excluding hydrogens is 244 g/mol. The first-order valence-corrected chi connectivity index (χ1v) is 6.03. The summed E-state index contributed by atoms with van der Waals surface area (Å²) in [4.78, 5) is 4.21. The van der Waals surface area contributed by atoms with Crippen LogP contribution in [0.5, 0.6) is 10.9 Å². The first kappa shape index (κ1) is 11.4. The van der Waals surface area contributed by atoms with Crippen molar-refractivity contribution in [3.63, 3.8) is 0 Å². The van der Waals surface area contributed by atoms with Gasteiger partial charge in [0.05, 0.1) is 5.69 Å². The lowest BCUT2D eigenvalue weighted by Gasteiger charge is -2.05. The molecule has 0 aliphatic heterocycles. The number of aromatic nitrogens is 1. The fourth-order valence-corrected chi connectivity index (χ4v) is 2.15. The summed E-state index contributed by atoms with van der Waals surface area (Å²) < 4.78 is 5.56. The molecule has 1 aromatic heterocycles. The van der Waals surface area contributed by atoms with Crippen molar-refractivity contribution in [3.8, 4) is 10.9 Å². The van der Waals surface area contributed by atoms with E-state index in [1.54, 1.807) is 6.07 Å². The Bertz CT molecular complexity index is 498. The highest BCUT2D eigenvalue weighted by Crippen LogP contribution is 2.28. The molecule has 0 aliphatic rings. The van der Waals surface area contributed by atoms with Gasteiger partial charge in [-0.1, -0.05) is 29.0 Å². The van der Waals surface area contributed by atoms with Crippen molar-refractivity contribution in [2.45, 2.75) is 13.5 Å². The minimum absolute atomic E-state index is 0.426. The number of benzene rings is 1. The lowest BCUT2D eigenvalue weighted by atomic mass is 10.2. The lowest BCUT2D eigenvalue weighted by Crippen LogP contribution is -1.97. The monoisotopic (exact) mass is 254 g/mol. The topological polar surface area (TPSA) is 48.1 Å². The second kappa shape index (κ2) is 4.82. The molecular formula is C11H11ClN2OS. The van der Waals surface area contributed by atoms with E-state index < -0.39 is 0 Å². The van der Waals surface area contributed by atoms with Crippen molar-refractivity contribution in [1.82, 2.24) is 4.98 Å². The van der Waals surface area contributed by atoms with E-state index >= 15 is 0 Å². The van der Waals surface area contributed by atoms with E-state index in [4.69, 9.17) is 22.1 Å². The number of ether oxygens (including phenoxy) is 1. The quantitative estimate of drug-likeness (QED) is 0.914. The smallest absolute Gasteiger partial charge is 0.278 e. The Balaban J connectivity index is 2.19. The van der Waals surface area contributed by atoms with E-state index in [0.29, 0.717) is 22.5 Å². The molecule has 0 atom stereocenters. The van der Waals surface area contributed by atoms with Crippen molar-refractivity contribution in [3.05, 3.63) is 39.9 Å². The number of hydrogen-bond donors (Lipinski definition) is 1. The summed E-state index contributed by atoms with van der Waals surface area (Å²) in [6.45, 7) is 2.35. The van der Waals surface area contributed by atoms with Crippen LogP contribution in [-0.2, 0) is 6.54 Å². The molecule has 84 valence electrons. The van der Waals surface area contributed by atoms with Crippen LogP contribution in [0.4, 0.5) is 0 Å². The van der Waals surface area contributed by atoms with Crippen LogP contribution in [0.15, 0.2) is 23.6 Å². The van der Waals surface area contributed by atoms with Gasteiger partial charge >= 0.3 is 0 Å². The molecule has 0 spiro atoms. The normalized spacial score (nSPS) is 10.4. The summed E-state index contributed by atoms with van der Waals surface area (Å²) in [5.41, 5.74) is 7.38. The van der Waals surface area contributed by atoms with Crippen LogP contribution < -0.4 is 10.5 Å². The summed E-state index contributed by atoms with van der Waals surface area (Å²) in [5.74, 6) is 0.677. The van der Waals surface area contributed by atoms with Gasteiger partial charge in [-0.15, -0.1) is 0 Å². The minimum Gasteiger partial charge on any atom is -0.431 e. The first-order chi connectivity index (χ1) is 7.69. The maximum absolute atomic E-state index is 6.02. The van der Waals surface area contributed by atoms with Crippen LogP contribution >= 0.6 is 22.9 Å². The molecule has 0 amide bonds.